The molecule has 0 amide bonds. The van der Waals surface area contributed by atoms with Gasteiger partial charge in [0, 0.05) is 23.8 Å². The molecule has 0 bridgehead atoms. The number of hydrogen-bond acceptors (Lipinski definition) is 3. The Bertz CT molecular complexity index is 542. The van der Waals surface area contributed by atoms with Gasteiger partial charge in [0.1, 0.15) is 5.82 Å². The van der Waals surface area contributed by atoms with Crippen molar-refractivity contribution >= 4 is 11.6 Å². The van der Waals surface area contributed by atoms with Gasteiger partial charge in [-0.15, -0.1) is 0 Å². The fraction of sp³-hybridized carbons (Fsp3) is 0.333. The molecule has 0 radical (unpaired) electrons. The van der Waals surface area contributed by atoms with E-state index < -0.39 is 0 Å². The molecule has 0 aliphatic carbocycles. The minimum atomic E-state index is 0.286. The zero-order valence-corrected chi connectivity index (χ0v) is 12.0. The van der Waals surface area contributed by atoms with Crippen molar-refractivity contribution in [2.75, 3.05) is 0 Å². The largest absolute Gasteiger partial charge is 0.304 e. The Labute approximate surface area is 119 Å². The van der Waals surface area contributed by atoms with Crippen LogP contribution in [-0.2, 0) is 6.54 Å². The molecule has 1 atom stereocenters. The summed E-state index contributed by atoms with van der Waals surface area (Å²) < 4.78 is 0. The molecule has 100 valence electrons. The molecule has 2 aromatic rings. The van der Waals surface area contributed by atoms with Gasteiger partial charge in [-0.25, -0.2) is 9.97 Å². The van der Waals surface area contributed by atoms with Crippen molar-refractivity contribution in [1.29, 1.82) is 0 Å². The number of aryl methyl sites for hydroxylation is 1. The molecule has 2 rings (SSSR count). The molecule has 0 fully saturated rings. The Morgan fingerprint density at radius 2 is 2.16 bits per heavy atom. The smallest absolute Gasteiger partial charge is 0.125 e. The maximum Gasteiger partial charge on any atom is 0.125 e. The van der Waals surface area contributed by atoms with Gasteiger partial charge in [-0.05, 0) is 37.1 Å². The summed E-state index contributed by atoms with van der Waals surface area (Å²) in [6, 6.07) is 10.2. The lowest BCUT2D eigenvalue weighted by atomic mass is 10.0. The van der Waals surface area contributed by atoms with E-state index in [2.05, 4.69) is 28.3 Å². The maximum atomic E-state index is 6.04. The average molecular weight is 276 g/mol. The highest BCUT2D eigenvalue weighted by atomic mass is 35.5. The van der Waals surface area contributed by atoms with Crippen LogP contribution in [0.25, 0.3) is 0 Å². The summed E-state index contributed by atoms with van der Waals surface area (Å²) >= 11 is 6.04. The summed E-state index contributed by atoms with van der Waals surface area (Å²) in [7, 11) is 0. The second kappa shape index (κ2) is 6.64. The molecule has 1 heterocycles. The van der Waals surface area contributed by atoms with E-state index in [0.29, 0.717) is 0 Å². The number of halogens is 1. The van der Waals surface area contributed by atoms with Gasteiger partial charge in [0.05, 0.1) is 5.69 Å². The summed E-state index contributed by atoms with van der Waals surface area (Å²) in [6.45, 7) is 4.79. The van der Waals surface area contributed by atoms with Crippen molar-refractivity contribution in [3.05, 3.63) is 58.6 Å². The van der Waals surface area contributed by atoms with Crippen molar-refractivity contribution in [1.82, 2.24) is 15.3 Å². The number of nitrogens with zero attached hydrogens (tertiary/aromatic N) is 2. The molecule has 0 saturated carbocycles. The van der Waals surface area contributed by atoms with E-state index in [1.807, 2.05) is 31.2 Å². The van der Waals surface area contributed by atoms with Gasteiger partial charge in [0.2, 0.25) is 0 Å². The standard InChI is InChI=1S/C15H18ClN3/c1-3-15(12-5-4-6-13(16)9-12)18-10-14-7-8-17-11(2)19-14/h4-9,15,18H,3,10H2,1-2H3. The van der Waals surface area contributed by atoms with Crippen LogP contribution in [0.15, 0.2) is 36.5 Å². The van der Waals surface area contributed by atoms with Crippen molar-refractivity contribution in [3.63, 3.8) is 0 Å². The van der Waals surface area contributed by atoms with Gasteiger partial charge in [0.25, 0.3) is 0 Å². The molecule has 1 unspecified atom stereocenters. The van der Waals surface area contributed by atoms with Crippen LogP contribution in [0.2, 0.25) is 5.02 Å². The number of benzene rings is 1. The fourth-order valence-electron chi connectivity index (χ4n) is 2.05. The molecule has 19 heavy (non-hydrogen) atoms. The van der Waals surface area contributed by atoms with Crippen LogP contribution in [0.5, 0.6) is 0 Å². The zero-order chi connectivity index (χ0) is 13.7. The number of nitrogens with one attached hydrogen (secondary N) is 1. The van der Waals surface area contributed by atoms with E-state index >= 15 is 0 Å². The number of hydrogen-bond donors (Lipinski definition) is 1. The Balaban J connectivity index is 2.04. The first-order chi connectivity index (χ1) is 9.19. The summed E-state index contributed by atoms with van der Waals surface area (Å²) in [5.41, 5.74) is 2.22. The molecule has 0 spiro atoms. The third-order valence-corrected chi connectivity index (χ3v) is 3.26. The monoisotopic (exact) mass is 275 g/mol. The van der Waals surface area contributed by atoms with Crippen LogP contribution < -0.4 is 5.32 Å². The highest BCUT2D eigenvalue weighted by molar-refractivity contribution is 6.30. The topological polar surface area (TPSA) is 37.8 Å². The minimum absolute atomic E-state index is 0.286. The fourth-order valence-corrected chi connectivity index (χ4v) is 2.25. The lowest BCUT2D eigenvalue weighted by Crippen LogP contribution is -2.21. The van der Waals surface area contributed by atoms with E-state index in [4.69, 9.17) is 11.6 Å². The van der Waals surface area contributed by atoms with Gasteiger partial charge < -0.3 is 5.32 Å². The van der Waals surface area contributed by atoms with Gasteiger partial charge in [-0.3, -0.25) is 0 Å². The third kappa shape index (κ3) is 4.01. The highest BCUT2D eigenvalue weighted by Crippen LogP contribution is 2.20. The SMILES string of the molecule is CCC(NCc1ccnc(C)n1)c1cccc(Cl)c1. The molecule has 1 aromatic heterocycles. The number of aromatic nitrogens is 2. The first kappa shape index (κ1) is 14.0. The van der Waals surface area contributed by atoms with E-state index in [9.17, 15) is 0 Å². The minimum Gasteiger partial charge on any atom is -0.304 e. The zero-order valence-electron chi connectivity index (χ0n) is 11.2. The van der Waals surface area contributed by atoms with Gasteiger partial charge in [0.15, 0.2) is 0 Å². The number of rotatable bonds is 5. The van der Waals surface area contributed by atoms with Crippen LogP contribution in [0.3, 0.4) is 0 Å². The maximum absolute atomic E-state index is 6.04. The Morgan fingerprint density at radius 1 is 1.32 bits per heavy atom. The quantitative estimate of drug-likeness (QED) is 0.905. The van der Waals surface area contributed by atoms with Gasteiger partial charge >= 0.3 is 0 Å². The van der Waals surface area contributed by atoms with Crippen LogP contribution in [-0.4, -0.2) is 9.97 Å². The molecule has 3 nitrogen and oxygen atoms in total. The lowest BCUT2D eigenvalue weighted by molar-refractivity contribution is 0.513. The van der Waals surface area contributed by atoms with Crippen LogP contribution in [0.4, 0.5) is 0 Å². The third-order valence-electron chi connectivity index (χ3n) is 3.02. The Kier molecular flexibility index (Phi) is 4.88. The first-order valence-corrected chi connectivity index (χ1v) is 6.84. The van der Waals surface area contributed by atoms with E-state index in [0.717, 1.165) is 29.5 Å². The van der Waals surface area contributed by atoms with E-state index in [-0.39, 0.29) is 6.04 Å². The van der Waals surface area contributed by atoms with Crippen molar-refractivity contribution in [3.8, 4) is 0 Å². The lowest BCUT2D eigenvalue weighted by Gasteiger charge is -2.17. The second-order valence-electron chi connectivity index (χ2n) is 4.49. The summed E-state index contributed by atoms with van der Waals surface area (Å²) in [5.74, 6) is 0.801. The molecular weight excluding hydrogens is 258 g/mol. The predicted molar refractivity (Wildman–Crippen MR) is 78.1 cm³/mol. The van der Waals surface area contributed by atoms with Crippen molar-refractivity contribution in [2.45, 2.75) is 32.9 Å². The molecule has 1 N–H and O–H groups in total. The first-order valence-electron chi connectivity index (χ1n) is 6.46. The van der Waals surface area contributed by atoms with Crippen LogP contribution in [0.1, 0.15) is 36.5 Å². The van der Waals surface area contributed by atoms with Gasteiger partial charge in [-0.1, -0.05) is 30.7 Å². The van der Waals surface area contributed by atoms with Crippen molar-refractivity contribution < 1.29 is 0 Å². The molecule has 4 heteroatoms. The summed E-state index contributed by atoms with van der Waals surface area (Å²) in [5, 5.41) is 4.28. The molecular formula is C15H18ClN3. The molecule has 0 aliphatic rings. The normalized spacial score (nSPS) is 12.4. The Morgan fingerprint density at radius 3 is 2.84 bits per heavy atom. The summed E-state index contributed by atoms with van der Waals surface area (Å²) in [4.78, 5) is 8.49. The average Bonchev–Trinajstić information content (AvgIpc) is 2.40. The van der Waals surface area contributed by atoms with Crippen molar-refractivity contribution in [2.24, 2.45) is 0 Å². The second-order valence-corrected chi connectivity index (χ2v) is 4.93. The predicted octanol–water partition coefficient (Wildman–Crippen LogP) is 3.68. The molecule has 1 aromatic carbocycles. The molecule has 0 saturated heterocycles. The van der Waals surface area contributed by atoms with E-state index in [1.165, 1.54) is 5.56 Å². The van der Waals surface area contributed by atoms with E-state index in [1.54, 1.807) is 6.20 Å². The van der Waals surface area contributed by atoms with Gasteiger partial charge in [-0.2, -0.15) is 0 Å². The Hall–Kier alpha value is -1.45. The van der Waals surface area contributed by atoms with Crippen LogP contribution >= 0.6 is 11.6 Å². The van der Waals surface area contributed by atoms with Crippen LogP contribution in [0, 0.1) is 6.92 Å². The molecule has 0 aliphatic heterocycles. The summed E-state index contributed by atoms with van der Waals surface area (Å²) in [6.07, 6.45) is 2.80. The highest BCUT2D eigenvalue weighted by Gasteiger charge is 2.09.